The molecule has 100 valence electrons. The number of halogens is 1. The molecular formula is C14H21BrN2O. The van der Waals surface area contributed by atoms with Crippen LogP contribution in [0, 0.1) is 0 Å². The molecule has 1 aromatic heterocycles. The molecule has 1 fully saturated rings. The van der Waals surface area contributed by atoms with Gasteiger partial charge in [0.2, 0.25) is 0 Å². The second-order valence-electron chi connectivity index (χ2n) is 4.74. The SMILES string of the molecule is CCCOC1CCCN(c2ccc(CBr)cn2)C1. The molecule has 1 aromatic rings. The highest BCUT2D eigenvalue weighted by atomic mass is 79.9. The maximum Gasteiger partial charge on any atom is 0.128 e. The highest BCUT2D eigenvalue weighted by molar-refractivity contribution is 9.08. The van der Waals surface area contributed by atoms with Crippen LogP contribution < -0.4 is 4.90 Å². The average molecular weight is 313 g/mol. The van der Waals surface area contributed by atoms with Crippen molar-refractivity contribution in [3.8, 4) is 0 Å². The summed E-state index contributed by atoms with van der Waals surface area (Å²) in [6, 6.07) is 4.24. The summed E-state index contributed by atoms with van der Waals surface area (Å²) in [4.78, 5) is 6.86. The van der Waals surface area contributed by atoms with Crippen molar-refractivity contribution in [1.29, 1.82) is 0 Å². The number of piperidine rings is 1. The molecule has 0 radical (unpaired) electrons. The predicted octanol–water partition coefficient (Wildman–Crippen LogP) is 3.37. The van der Waals surface area contributed by atoms with E-state index in [1.807, 2.05) is 6.20 Å². The largest absolute Gasteiger partial charge is 0.376 e. The van der Waals surface area contributed by atoms with Crippen molar-refractivity contribution in [2.24, 2.45) is 0 Å². The average Bonchev–Trinajstić information content (AvgIpc) is 2.45. The predicted molar refractivity (Wildman–Crippen MR) is 78.3 cm³/mol. The summed E-state index contributed by atoms with van der Waals surface area (Å²) in [5.41, 5.74) is 1.22. The van der Waals surface area contributed by atoms with Gasteiger partial charge in [-0.05, 0) is 30.9 Å². The minimum Gasteiger partial charge on any atom is -0.376 e. The first-order valence-corrected chi connectivity index (χ1v) is 7.83. The Morgan fingerprint density at radius 2 is 2.39 bits per heavy atom. The van der Waals surface area contributed by atoms with E-state index in [1.54, 1.807) is 0 Å². The van der Waals surface area contributed by atoms with Gasteiger partial charge in [-0.25, -0.2) is 4.98 Å². The number of hydrogen-bond acceptors (Lipinski definition) is 3. The third-order valence-corrected chi connectivity index (χ3v) is 3.87. The first-order valence-electron chi connectivity index (χ1n) is 6.71. The Morgan fingerprint density at radius 1 is 1.50 bits per heavy atom. The molecule has 4 heteroatoms. The fourth-order valence-electron chi connectivity index (χ4n) is 2.25. The van der Waals surface area contributed by atoms with Crippen LogP contribution in [0.5, 0.6) is 0 Å². The molecule has 0 bridgehead atoms. The van der Waals surface area contributed by atoms with Crippen molar-refractivity contribution in [3.05, 3.63) is 23.9 Å². The minimum atomic E-state index is 0.372. The molecule has 0 spiro atoms. The van der Waals surface area contributed by atoms with Gasteiger partial charge in [-0.3, -0.25) is 0 Å². The van der Waals surface area contributed by atoms with Gasteiger partial charge in [0, 0.05) is 31.2 Å². The molecule has 0 aromatic carbocycles. The van der Waals surface area contributed by atoms with Gasteiger partial charge in [0.1, 0.15) is 5.82 Å². The van der Waals surface area contributed by atoms with E-state index >= 15 is 0 Å². The van der Waals surface area contributed by atoms with E-state index in [0.29, 0.717) is 6.10 Å². The Kier molecular flexibility index (Phi) is 5.45. The van der Waals surface area contributed by atoms with Crippen LogP contribution in [-0.4, -0.2) is 30.8 Å². The lowest BCUT2D eigenvalue weighted by Crippen LogP contribution is -2.40. The van der Waals surface area contributed by atoms with Crippen LogP contribution in [0.2, 0.25) is 0 Å². The van der Waals surface area contributed by atoms with Crippen molar-refractivity contribution in [1.82, 2.24) is 4.98 Å². The Bertz CT molecular complexity index is 355. The molecular weight excluding hydrogens is 292 g/mol. The first-order chi connectivity index (χ1) is 8.83. The van der Waals surface area contributed by atoms with Gasteiger partial charge >= 0.3 is 0 Å². The third kappa shape index (κ3) is 3.69. The molecule has 1 aliphatic heterocycles. The molecule has 1 saturated heterocycles. The summed E-state index contributed by atoms with van der Waals surface area (Å²) in [5.74, 6) is 1.07. The minimum absolute atomic E-state index is 0.372. The summed E-state index contributed by atoms with van der Waals surface area (Å²) in [7, 11) is 0. The smallest absolute Gasteiger partial charge is 0.128 e. The Balaban J connectivity index is 1.94. The van der Waals surface area contributed by atoms with Gasteiger partial charge in [-0.1, -0.05) is 28.9 Å². The quantitative estimate of drug-likeness (QED) is 0.779. The fraction of sp³-hybridized carbons (Fsp3) is 0.643. The Labute approximate surface area is 118 Å². The lowest BCUT2D eigenvalue weighted by Gasteiger charge is -2.33. The van der Waals surface area contributed by atoms with Crippen LogP contribution in [0.25, 0.3) is 0 Å². The van der Waals surface area contributed by atoms with E-state index in [4.69, 9.17) is 4.74 Å². The van der Waals surface area contributed by atoms with Crippen LogP contribution in [0.4, 0.5) is 5.82 Å². The molecule has 18 heavy (non-hydrogen) atoms. The topological polar surface area (TPSA) is 25.4 Å². The monoisotopic (exact) mass is 312 g/mol. The Hall–Kier alpha value is -0.610. The maximum absolute atomic E-state index is 5.85. The normalized spacial score (nSPS) is 20.1. The van der Waals surface area contributed by atoms with Crippen LogP contribution in [0.1, 0.15) is 31.7 Å². The standard InChI is InChI=1S/C14H21BrN2O/c1-2-8-18-13-4-3-7-17(11-13)14-6-5-12(9-15)10-16-14/h5-6,10,13H,2-4,7-9,11H2,1H3. The number of pyridine rings is 1. The van der Waals surface area contributed by atoms with Crippen LogP contribution in [0.15, 0.2) is 18.3 Å². The van der Waals surface area contributed by atoms with E-state index in [2.05, 4.69) is 44.9 Å². The number of aromatic nitrogens is 1. The molecule has 0 aliphatic carbocycles. The molecule has 2 heterocycles. The molecule has 1 aliphatic rings. The zero-order valence-corrected chi connectivity index (χ0v) is 12.5. The van der Waals surface area contributed by atoms with Crippen molar-refractivity contribution in [2.45, 2.75) is 37.6 Å². The van der Waals surface area contributed by atoms with Gasteiger partial charge in [0.15, 0.2) is 0 Å². The molecule has 2 rings (SSSR count). The fourth-order valence-corrected chi connectivity index (χ4v) is 2.58. The molecule has 0 amide bonds. The summed E-state index contributed by atoms with van der Waals surface area (Å²) in [5, 5.41) is 0.864. The van der Waals surface area contributed by atoms with Crippen LogP contribution >= 0.6 is 15.9 Å². The zero-order valence-electron chi connectivity index (χ0n) is 10.9. The molecule has 3 nitrogen and oxygen atoms in total. The van der Waals surface area contributed by atoms with E-state index in [-0.39, 0.29) is 0 Å². The number of nitrogens with zero attached hydrogens (tertiary/aromatic N) is 2. The van der Waals surface area contributed by atoms with E-state index in [9.17, 15) is 0 Å². The number of rotatable bonds is 5. The highest BCUT2D eigenvalue weighted by Crippen LogP contribution is 2.20. The van der Waals surface area contributed by atoms with Crippen molar-refractivity contribution in [2.75, 3.05) is 24.6 Å². The molecule has 0 saturated carbocycles. The highest BCUT2D eigenvalue weighted by Gasteiger charge is 2.20. The first kappa shape index (κ1) is 13.8. The summed E-state index contributed by atoms with van der Waals surface area (Å²) in [6.45, 7) is 5.09. The van der Waals surface area contributed by atoms with Crippen LogP contribution in [-0.2, 0) is 10.1 Å². The molecule has 0 N–H and O–H groups in total. The van der Waals surface area contributed by atoms with Crippen molar-refractivity contribution in [3.63, 3.8) is 0 Å². The lowest BCUT2D eigenvalue weighted by molar-refractivity contribution is 0.0439. The molecule has 1 unspecified atom stereocenters. The Morgan fingerprint density at radius 3 is 3.06 bits per heavy atom. The van der Waals surface area contributed by atoms with Gasteiger partial charge in [-0.2, -0.15) is 0 Å². The number of alkyl halides is 1. The number of anilines is 1. The van der Waals surface area contributed by atoms with Crippen molar-refractivity contribution >= 4 is 21.7 Å². The van der Waals surface area contributed by atoms with E-state index in [1.165, 1.54) is 18.4 Å². The van der Waals surface area contributed by atoms with Gasteiger partial charge in [0.25, 0.3) is 0 Å². The van der Waals surface area contributed by atoms with E-state index in [0.717, 1.165) is 37.3 Å². The van der Waals surface area contributed by atoms with Crippen molar-refractivity contribution < 1.29 is 4.74 Å². The zero-order chi connectivity index (χ0) is 12.8. The summed E-state index contributed by atoms with van der Waals surface area (Å²) >= 11 is 3.44. The maximum atomic E-state index is 5.85. The van der Waals surface area contributed by atoms with Gasteiger partial charge in [0.05, 0.1) is 6.10 Å². The second kappa shape index (κ2) is 7.10. The van der Waals surface area contributed by atoms with Gasteiger partial charge in [-0.15, -0.1) is 0 Å². The lowest BCUT2D eigenvalue weighted by atomic mass is 10.1. The number of hydrogen-bond donors (Lipinski definition) is 0. The second-order valence-corrected chi connectivity index (χ2v) is 5.30. The number of ether oxygens (including phenoxy) is 1. The summed E-state index contributed by atoms with van der Waals surface area (Å²) in [6.07, 6.45) is 5.78. The van der Waals surface area contributed by atoms with Crippen LogP contribution in [0.3, 0.4) is 0 Å². The third-order valence-electron chi connectivity index (χ3n) is 3.22. The van der Waals surface area contributed by atoms with Gasteiger partial charge < -0.3 is 9.64 Å². The summed E-state index contributed by atoms with van der Waals surface area (Å²) < 4.78 is 5.85. The molecule has 1 atom stereocenters. The van der Waals surface area contributed by atoms with E-state index < -0.39 is 0 Å².